The lowest BCUT2D eigenvalue weighted by Crippen LogP contribution is -1.91. The second-order valence-electron chi connectivity index (χ2n) is 3.60. The minimum absolute atomic E-state index is 0.149. The van der Waals surface area contributed by atoms with Crippen LogP contribution < -0.4 is 0 Å². The summed E-state index contributed by atoms with van der Waals surface area (Å²) in [7, 11) is 0. The molecule has 1 N–H and O–H groups in total. The number of rotatable bonds is 10. The van der Waals surface area contributed by atoms with Crippen molar-refractivity contribution in [2.45, 2.75) is 45.3 Å². The topological polar surface area (TPSA) is 37.3 Å². The van der Waals surface area contributed by atoms with Crippen molar-refractivity contribution in [3.63, 3.8) is 0 Å². The van der Waals surface area contributed by atoms with E-state index < -0.39 is 19.2 Å². The fourth-order valence-electron chi connectivity index (χ4n) is 1.17. The highest BCUT2D eigenvalue weighted by Gasteiger charge is 1.90. The monoisotopic (exact) mass is 253 g/mol. The van der Waals surface area contributed by atoms with Crippen LogP contribution in [0.1, 0.15) is 52.2 Å². The zero-order valence-corrected chi connectivity index (χ0v) is 10.5. The summed E-state index contributed by atoms with van der Waals surface area (Å²) in [5.41, 5.74) is 0. The normalized spacial score (nSPS) is 18.1. The van der Waals surface area contributed by atoms with E-state index in [0.717, 1.165) is 18.9 Å². The van der Waals surface area contributed by atoms with E-state index in [4.69, 9.17) is 12.0 Å². The number of carboxylic acid groups (broad SMARTS) is 1. The van der Waals surface area contributed by atoms with Gasteiger partial charge in [0.05, 0.1) is 0 Å². The van der Waals surface area contributed by atoms with Gasteiger partial charge >= 0.3 is 5.97 Å². The van der Waals surface area contributed by atoms with Crippen molar-refractivity contribution < 1.29 is 16.8 Å². The average Bonchev–Trinajstić information content (AvgIpc) is 2.42. The maximum Gasteiger partial charge on any atom is 0.303 e. The van der Waals surface area contributed by atoms with E-state index in [1.807, 2.05) is 36.5 Å². The molecule has 0 unspecified atom stereocenters. The van der Waals surface area contributed by atoms with Crippen molar-refractivity contribution in [2.24, 2.45) is 0 Å². The number of carbonyl (C=O) groups is 1. The van der Waals surface area contributed by atoms with Crippen LogP contribution in [0.25, 0.3) is 0 Å². The molecule has 0 spiro atoms. The van der Waals surface area contributed by atoms with Crippen molar-refractivity contribution in [2.75, 3.05) is 0 Å². The molecular formula is C16H24O2. The summed E-state index contributed by atoms with van der Waals surface area (Å²) in [5, 5.41) is 8.45. The van der Waals surface area contributed by atoms with E-state index >= 15 is 0 Å². The van der Waals surface area contributed by atoms with Crippen molar-refractivity contribution in [1.82, 2.24) is 0 Å². The third-order valence-corrected chi connectivity index (χ3v) is 2.04. The van der Waals surface area contributed by atoms with Gasteiger partial charge in [0.15, 0.2) is 0 Å². The molecule has 0 saturated heterocycles. The Bertz CT molecular complexity index is 460. The Balaban J connectivity index is 3.84. The second-order valence-corrected chi connectivity index (χ2v) is 3.60. The molecule has 0 aliphatic rings. The predicted octanol–water partition coefficient (Wildman–Crippen LogP) is 4.66. The molecule has 0 heterocycles. The third-order valence-electron chi connectivity index (χ3n) is 2.04. The second kappa shape index (κ2) is 13.5. The van der Waals surface area contributed by atoms with Gasteiger partial charge in [-0.05, 0) is 32.1 Å². The van der Waals surface area contributed by atoms with Crippen molar-refractivity contribution >= 4 is 5.97 Å². The fraction of sp³-hybridized carbons (Fsp3) is 0.438. The Kier molecular flexibility index (Phi) is 7.03. The molecule has 0 saturated carbocycles. The zero-order valence-electron chi connectivity index (χ0n) is 15.5. The fourth-order valence-corrected chi connectivity index (χ4v) is 1.17. The van der Waals surface area contributed by atoms with Gasteiger partial charge in [-0.3, -0.25) is 4.79 Å². The van der Waals surface area contributed by atoms with E-state index in [2.05, 4.69) is 0 Å². The molecule has 0 fully saturated rings. The number of allylic oxidation sites excluding steroid dienone is 8. The van der Waals surface area contributed by atoms with Crippen LogP contribution >= 0.6 is 0 Å². The largest absolute Gasteiger partial charge is 0.481 e. The summed E-state index contributed by atoms with van der Waals surface area (Å²) in [6.45, 7) is -2.64. The van der Waals surface area contributed by atoms with Crippen LogP contribution in [0.15, 0.2) is 48.6 Å². The molecule has 0 atom stereocenters. The van der Waals surface area contributed by atoms with E-state index in [-0.39, 0.29) is 6.42 Å². The zero-order chi connectivity index (χ0) is 17.8. The van der Waals surface area contributed by atoms with Gasteiger partial charge in [-0.2, -0.15) is 0 Å². The van der Waals surface area contributed by atoms with Crippen LogP contribution in [0.3, 0.4) is 0 Å². The Morgan fingerprint density at radius 3 is 2.00 bits per heavy atom. The molecule has 100 valence electrons. The van der Waals surface area contributed by atoms with Crippen LogP contribution in [0.4, 0.5) is 0 Å². The molecule has 18 heavy (non-hydrogen) atoms. The van der Waals surface area contributed by atoms with Gasteiger partial charge in [-0.15, -0.1) is 0 Å². The van der Waals surface area contributed by atoms with E-state index in [1.54, 1.807) is 0 Å². The van der Waals surface area contributed by atoms with Gasteiger partial charge in [0.1, 0.15) is 0 Å². The lowest BCUT2D eigenvalue weighted by molar-refractivity contribution is -0.136. The standard InChI is InChI=1S/C16H24O2/c1-2-3-4-5-6-7-8-9-10-11-12-13-14-15-16(17)18/h3-4,6-7,9-10,12-13H,2,5,8,11,14-15H2,1H3,(H,17,18)/b4-3-,7-6+,10-9-,13-12-/i1D3,2D2. The Hall–Kier alpha value is -1.57. The Labute approximate surface area is 117 Å². The van der Waals surface area contributed by atoms with Gasteiger partial charge in [-0.1, -0.05) is 55.5 Å². The lowest BCUT2D eigenvalue weighted by atomic mass is 10.2. The van der Waals surface area contributed by atoms with Gasteiger partial charge in [0.2, 0.25) is 0 Å². The third kappa shape index (κ3) is 14.4. The molecule has 0 aromatic heterocycles. The summed E-state index contributed by atoms with van der Waals surface area (Å²) in [6.07, 6.45) is 14.4. The maximum atomic E-state index is 10.3. The number of carboxylic acids is 1. The number of hydrogen-bond acceptors (Lipinski definition) is 1. The van der Waals surface area contributed by atoms with Gasteiger partial charge in [0, 0.05) is 13.3 Å². The highest BCUT2D eigenvalue weighted by molar-refractivity contribution is 5.66. The molecule has 0 rings (SSSR count). The molecule has 2 nitrogen and oxygen atoms in total. The summed E-state index contributed by atoms with van der Waals surface area (Å²) < 4.78 is 35.9. The van der Waals surface area contributed by atoms with E-state index in [9.17, 15) is 4.79 Å². The molecule has 0 aromatic rings. The SMILES string of the molecule is [2H]C([2H])([2H])C([2H])([2H])/C=C\C/C=C/C/C=C\C/C=C\CCC(=O)O. The first kappa shape index (κ1) is 9.37. The molecule has 0 aliphatic heterocycles. The Morgan fingerprint density at radius 2 is 1.50 bits per heavy atom. The van der Waals surface area contributed by atoms with E-state index in [1.165, 1.54) is 6.08 Å². The highest BCUT2D eigenvalue weighted by Crippen LogP contribution is 1.96. The molecule has 0 amide bonds. The summed E-state index contributed by atoms with van der Waals surface area (Å²) in [6, 6.07) is 0. The van der Waals surface area contributed by atoms with Crippen molar-refractivity contribution in [3.8, 4) is 0 Å². The molecule has 0 bridgehead atoms. The van der Waals surface area contributed by atoms with Crippen LogP contribution in [0.2, 0.25) is 0 Å². The first-order valence-electron chi connectivity index (χ1n) is 8.51. The summed E-state index contributed by atoms with van der Waals surface area (Å²) in [4.78, 5) is 10.3. The number of aliphatic carboxylic acids is 1. The van der Waals surface area contributed by atoms with Crippen LogP contribution in [0.5, 0.6) is 0 Å². The molecule has 0 aliphatic carbocycles. The first-order valence-corrected chi connectivity index (χ1v) is 6.01. The quantitative estimate of drug-likeness (QED) is 0.575. The molecular weight excluding hydrogens is 224 g/mol. The van der Waals surface area contributed by atoms with Gasteiger partial charge < -0.3 is 5.11 Å². The van der Waals surface area contributed by atoms with Crippen molar-refractivity contribution in [3.05, 3.63) is 48.6 Å². The Morgan fingerprint density at radius 1 is 1.00 bits per heavy atom. The van der Waals surface area contributed by atoms with Crippen LogP contribution in [-0.4, -0.2) is 11.1 Å². The number of hydrogen-bond donors (Lipinski definition) is 1. The lowest BCUT2D eigenvalue weighted by Gasteiger charge is -1.87. The minimum Gasteiger partial charge on any atom is -0.481 e. The van der Waals surface area contributed by atoms with Crippen LogP contribution in [-0.2, 0) is 4.79 Å². The highest BCUT2D eigenvalue weighted by atomic mass is 16.4. The molecule has 2 heteroatoms. The first-order chi connectivity index (χ1) is 10.7. The predicted molar refractivity (Wildman–Crippen MR) is 77.6 cm³/mol. The summed E-state index contributed by atoms with van der Waals surface area (Å²) in [5.74, 6) is -0.795. The van der Waals surface area contributed by atoms with Crippen LogP contribution in [0, 0.1) is 0 Å². The smallest absolute Gasteiger partial charge is 0.303 e. The van der Waals surface area contributed by atoms with Gasteiger partial charge in [-0.25, -0.2) is 0 Å². The molecule has 0 aromatic carbocycles. The van der Waals surface area contributed by atoms with Gasteiger partial charge in [0.25, 0.3) is 0 Å². The average molecular weight is 253 g/mol. The summed E-state index contributed by atoms with van der Waals surface area (Å²) >= 11 is 0. The van der Waals surface area contributed by atoms with Crippen molar-refractivity contribution in [1.29, 1.82) is 0 Å². The minimum atomic E-state index is -2.64. The van der Waals surface area contributed by atoms with E-state index in [0.29, 0.717) is 12.8 Å². The maximum absolute atomic E-state index is 10.3. The molecule has 0 radical (unpaired) electrons.